The molecule has 4 aliphatic rings. The maximum atomic E-state index is 11.9. The van der Waals surface area contributed by atoms with Crippen molar-refractivity contribution in [2.24, 2.45) is 40.4 Å². The monoisotopic (exact) mass is 325 g/mol. The number of nitrogens with zero attached hydrogens (tertiary/aromatic N) is 1. The molecule has 0 spiro atoms. The average Bonchev–Trinajstić information content (AvgIpc) is 2.88. The summed E-state index contributed by atoms with van der Waals surface area (Å²) in [6, 6.07) is 2.75. The summed E-state index contributed by atoms with van der Waals surface area (Å²) in [5, 5.41) is 9.94. The van der Waals surface area contributed by atoms with Gasteiger partial charge in [0.1, 0.15) is 0 Å². The van der Waals surface area contributed by atoms with E-state index in [2.05, 4.69) is 26.8 Å². The Morgan fingerprint density at radius 2 is 2.08 bits per heavy atom. The first-order chi connectivity index (χ1) is 11.5. The average molecular weight is 325 g/mol. The van der Waals surface area contributed by atoms with Gasteiger partial charge >= 0.3 is 0 Å². The summed E-state index contributed by atoms with van der Waals surface area (Å²) < 4.78 is 0. The van der Waals surface area contributed by atoms with E-state index in [1.165, 1.54) is 24.8 Å². The second-order valence-electron chi connectivity index (χ2n) is 9.39. The van der Waals surface area contributed by atoms with Crippen molar-refractivity contribution in [1.82, 2.24) is 0 Å². The molecule has 0 aromatic heterocycles. The molecule has 0 heterocycles. The Morgan fingerprint density at radius 1 is 1.29 bits per heavy atom. The van der Waals surface area contributed by atoms with Gasteiger partial charge in [-0.3, -0.25) is 4.79 Å². The predicted octanol–water partition coefficient (Wildman–Crippen LogP) is 5.29. The Bertz CT molecular complexity index is 628. The molecule has 3 fully saturated rings. The molecule has 2 heteroatoms. The fraction of sp³-hybridized carbons (Fsp3) is 0.818. The first-order valence-electron chi connectivity index (χ1n) is 10.1. The van der Waals surface area contributed by atoms with Gasteiger partial charge in [-0.1, -0.05) is 19.4 Å². The van der Waals surface area contributed by atoms with E-state index in [9.17, 15) is 10.1 Å². The second-order valence-corrected chi connectivity index (χ2v) is 9.39. The van der Waals surface area contributed by atoms with Crippen LogP contribution in [0.4, 0.5) is 0 Å². The zero-order chi connectivity index (χ0) is 17.1. The van der Waals surface area contributed by atoms with Crippen molar-refractivity contribution in [3.63, 3.8) is 0 Å². The van der Waals surface area contributed by atoms with Crippen molar-refractivity contribution in [3.8, 4) is 6.07 Å². The Labute approximate surface area is 146 Å². The van der Waals surface area contributed by atoms with Gasteiger partial charge in [-0.2, -0.15) is 5.26 Å². The summed E-state index contributed by atoms with van der Waals surface area (Å²) >= 11 is 0. The minimum absolute atomic E-state index is 0.129. The van der Waals surface area contributed by atoms with Crippen molar-refractivity contribution in [2.75, 3.05) is 0 Å². The van der Waals surface area contributed by atoms with Crippen LogP contribution < -0.4 is 0 Å². The molecule has 24 heavy (non-hydrogen) atoms. The molecule has 0 unspecified atom stereocenters. The second kappa shape index (κ2) is 5.45. The number of hydrogen-bond acceptors (Lipinski definition) is 2. The minimum atomic E-state index is -0.129. The van der Waals surface area contributed by atoms with E-state index in [0.717, 1.165) is 49.9 Å². The third-order valence-corrected chi connectivity index (χ3v) is 8.78. The SMILES string of the molecule is CC[C@]12CC[C@H]3[C@@H]([C@H](C)CC4=CC(=O)CC[C@@H]43)[C@@H]1CC[C@]2(C)C#N. The van der Waals surface area contributed by atoms with Gasteiger partial charge in [-0.05, 0) is 93.0 Å². The van der Waals surface area contributed by atoms with Gasteiger partial charge in [-0.25, -0.2) is 0 Å². The Morgan fingerprint density at radius 3 is 2.79 bits per heavy atom. The standard InChI is InChI=1S/C22H31NO/c1-4-22-10-7-18-17-6-5-16(24)12-15(17)11-14(2)20(18)19(22)8-9-21(22,3)13-23/h12,14,17-20H,4-11H2,1-3H3/t14-,17+,18-,19+,20-,21-,22+/m1/s1. The highest BCUT2D eigenvalue weighted by Gasteiger charge is 2.63. The predicted molar refractivity (Wildman–Crippen MR) is 95.0 cm³/mol. The molecule has 4 aliphatic carbocycles. The summed E-state index contributed by atoms with van der Waals surface area (Å²) in [5.41, 5.74) is 1.57. The van der Waals surface area contributed by atoms with Gasteiger partial charge in [0.15, 0.2) is 5.78 Å². The zero-order valence-electron chi connectivity index (χ0n) is 15.5. The van der Waals surface area contributed by atoms with Gasteiger partial charge < -0.3 is 0 Å². The van der Waals surface area contributed by atoms with Crippen LogP contribution in [0.5, 0.6) is 0 Å². The maximum absolute atomic E-state index is 11.9. The van der Waals surface area contributed by atoms with Crippen molar-refractivity contribution in [2.45, 2.75) is 72.1 Å². The van der Waals surface area contributed by atoms with Crippen LogP contribution in [0.2, 0.25) is 0 Å². The van der Waals surface area contributed by atoms with Crippen LogP contribution in [0.3, 0.4) is 0 Å². The molecule has 3 saturated carbocycles. The summed E-state index contributed by atoms with van der Waals surface area (Å²) in [5.74, 6) is 3.93. The van der Waals surface area contributed by atoms with Gasteiger partial charge in [-0.15, -0.1) is 0 Å². The van der Waals surface area contributed by atoms with E-state index in [0.29, 0.717) is 17.6 Å². The number of hydrogen-bond donors (Lipinski definition) is 0. The Hall–Kier alpha value is -1.10. The topological polar surface area (TPSA) is 40.9 Å². The van der Waals surface area contributed by atoms with Gasteiger partial charge in [0, 0.05) is 6.42 Å². The molecule has 0 amide bonds. The molecule has 0 saturated heterocycles. The Kier molecular flexibility index (Phi) is 3.72. The molecular weight excluding hydrogens is 294 g/mol. The van der Waals surface area contributed by atoms with Gasteiger partial charge in [0.25, 0.3) is 0 Å². The number of rotatable bonds is 1. The fourth-order valence-electron chi connectivity index (χ4n) is 7.68. The zero-order valence-corrected chi connectivity index (χ0v) is 15.5. The minimum Gasteiger partial charge on any atom is -0.295 e. The first-order valence-corrected chi connectivity index (χ1v) is 10.1. The van der Waals surface area contributed by atoms with Crippen LogP contribution in [0.25, 0.3) is 0 Å². The Balaban J connectivity index is 1.72. The summed E-state index contributed by atoms with van der Waals surface area (Å²) in [7, 11) is 0. The molecule has 0 aromatic carbocycles. The molecule has 2 nitrogen and oxygen atoms in total. The third kappa shape index (κ3) is 1.97. The summed E-state index contributed by atoms with van der Waals surface area (Å²) in [6.07, 6.45) is 10.9. The van der Waals surface area contributed by atoms with E-state index >= 15 is 0 Å². The van der Waals surface area contributed by atoms with Gasteiger partial charge in [0.2, 0.25) is 0 Å². The van der Waals surface area contributed by atoms with E-state index < -0.39 is 0 Å². The summed E-state index contributed by atoms with van der Waals surface area (Å²) in [4.78, 5) is 11.9. The number of carbonyl (C=O) groups excluding carboxylic acids is 1. The molecule has 0 bridgehead atoms. The highest BCUT2D eigenvalue weighted by molar-refractivity contribution is 5.91. The van der Waals surface area contributed by atoms with E-state index in [-0.39, 0.29) is 10.8 Å². The van der Waals surface area contributed by atoms with Crippen LogP contribution in [0.1, 0.15) is 72.1 Å². The highest BCUT2D eigenvalue weighted by Crippen LogP contribution is 2.69. The first kappa shape index (κ1) is 16.4. The number of allylic oxidation sites excluding steroid dienone is 1. The van der Waals surface area contributed by atoms with Crippen LogP contribution in [-0.2, 0) is 4.79 Å². The molecule has 4 rings (SSSR count). The van der Waals surface area contributed by atoms with E-state index in [1.807, 2.05) is 6.08 Å². The molecule has 0 aliphatic heterocycles. The largest absolute Gasteiger partial charge is 0.295 e. The molecule has 7 atom stereocenters. The molecule has 0 N–H and O–H groups in total. The van der Waals surface area contributed by atoms with Crippen molar-refractivity contribution < 1.29 is 4.79 Å². The molecule has 0 aromatic rings. The normalized spacial score (nSPS) is 50.3. The fourth-order valence-corrected chi connectivity index (χ4v) is 7.68. The van der Waals surface area contributed by atoms with E-state index in [1.54, 1.807) is 0 Å². The van der Waals surface area contributed by atoms with Crippen molar-refractivity contribution >= 4 is 5.78 Å². The highest BCUT2D eigenvalue weighted by atomic mass is 16.1. The molecular formula is C22H31NO. The smallest absolute Gasteiger partial charge is 0.155 e. The van der Waals surface area contributed by atoms with E-state index in [4.69, 9.17) is 0 Å². The lowest BCUT2D eigenvalue weighted by atomic mass is 9.46. The lowest BCUT2D eigenvalue weighted by Gasteiger charge is -2.58. The van der Waals surface area contributed by atoms with Crippen LogP contribution >= 0.6 is 0 Å². The summed E-state index contributed by atoms with van der Waals surface area (Å²) in [6.45, 7) is 6.99. The van der Waals surface area contributed by atoms with Gasteiger partial charge in [0.05, 0.1) is 11.5 Å². The van der Waals surface area contributed by atoms with Crippen LogP contribution in [-0.4, -0.2) is 5.78 Å². The molecule has 130 valence electrons. The number of ketones is 1. The molecule has 0 radical (unpaired) electrons. The number of fused-ring (bicyclic) bond motifs is 5. The quantitative estimate of drug-likeness (QED) is 0.657. The lowest BCUT2D eigenvalue weighted by Crippen LogP contribution is -2.52. The van der Waals surface area contributed by atoms with Crippen LogP contribution in [0, 0.1) is 51.8 Å². The third-order valence-electron chi connectivity index (χ3n) is 8.78. The lowest BCUT2D eigenvalue weighted by molar-refractivity contribution is -0.116. The van der Waals surface area contributed by atoms with Crippen molar-refractivity contribution in [3.05, 3.63) is 11.6 Å². The van der Waals surface area contributed by atoms with Crippen molar-refractivity contribution in [1.29, 1.82) is 5.26 Å². The number of carbonyl (C=O) groups is 1. The van der Waals surface area contributed by atoms with Crippen LogP contribution in [0.15, 0.2) is 11.6 Å². The number of nitriles is 1. The maximum Gasteiger partial charge on any atom is 0.155 e.